The predicted molar refractivity (Wildman–Crippen MR) is 71.9 cm³/mol. The van der Waals surface area contributed by atoms with Crippen molar-refractivity contribution in [3.63, 3.8) is 0 Å². The average molecular weight is 279 g/mol. The molecule has 1 atom stereocenters. The first-order valence-corrected chi connectivity index (χ1v) is 6.55. The monoisotopic (exact) mass is 279 g/mol. The molecule has 0 saturated heterocycles. The second-order valence-electron chi connectivity index (χ2n) is 4.44. The van der Waals surface area contributed by atoms with Crippen LogP contribution in [0.15, 0.2) is 22.7 Å². The molecule has 0 radical (unpaired) electrons. The van der Waals surface area contributed by atoms with Gasteiger partial charge in [-0.25, -0.2) is 4.39 Å². The Labute approximate surface area is 117 Å². The summed E-state index contributed by atoms with van der Waals surface area (Å²) in [5.74, 6) is 1.37. The van der Waals surface area contributed by atoms with Gasteiger partial charge in [0.05, 0.1) is 0 Å². The number of benzene rings is 1. The standard InChI is InChI=1S/C14H18FN3O2/c1-4-14-17-13(18-20-14)8-19-12-6-5-10(15)7-11(12)9(2)16-3/h5-7,9,16H,4,8H2,1-3H3. The van der Waals surface area contributed by atoms with Gasteiger partial charge >= 0.3 is 0 Å². The Bertz CT molecular complexity index is 571. The minimum atomic E-state index is -0.290. The highest BCUT2D eigenvalue weighted by Gasteiger charge is 2.13. The molecule has 0 fully saturated rings. The van der Waals surface area contributed by atoms with E-state index in [0.29, 0.717) is 23.9 Å². The number of nitrogens with zero attached hydrogens (tertiary/aromatic N) is 2. The van der Waals surface area contributed by atoms with E-state index in [-0.39, 0.29) is 18.5 Å². The highest BCUT2D eigenvalue weighted by Crippen LogP contribution is 2.26. The van der Waals surface area contributed by atoms with E-state index in [2.05, 4.69) is 15.5 Å². The summed E-state index contributed by atoms with van der Waals surface area (Å²) in [5, 5.41) is 6.88. The largest absolute Gasteiger partial charge is 0.485 e. The quantitative estimate of drug-likeness (QED) is 0.880. The van der Waals surface area contributed by atoms with Crippen molar-refractivity contribution in [3.05, 3.63) is 41.3 Å². The van der Waals surface area contributed by atoms with Crippen LogP contribution in [0.3, 0.4) is 0 Å². The van der Waals surface area contributed by atoms with E-state index < -0.39 is 0 Å². The fourth-order valence-electron chi connectivity index (χ4n) is 1.78. The molecular formula is C14H18FN3O2. The maximum atomic E-state index is 13.3. The number of halogens is 1. The fraction of sp³-hybridized carbons (Fsp3) is 0.429. The van der Waals surface area contributed by atoms with E-state index >= 15 is 0 Å². The van der Waals surface area contributed by atoms with Gasteiger partial charge in [-0.2, -0.15) is 4.98 Å². The number of aryl methyl sites for hydroxylation is 1. The van der Waals surface area contributed by atoms with Crippen molar-refractivity contribution in [1.82, 2.24) is 15.5 Å². The van der Waals surface area contributed by atoms with E-state index in [1.54, 1.807) is 6.07 Å². The van der Waals surface area contributed by atoms with E-state index in [9.17, 15) is 4.39 Å². The molecule has 0 amide bonds. The van der Waals surface area contributed by atoms with Crippen molar-refractivity contribution in [2.75, 3.05) is 7.05 Å². The predicted octanol–water partition coefficient (Wildman–Crippen LogP) is 2.63. The maximum Gasteiger partial charge on any atom is 0.226 e. The first kappa shape index (κ1) is 14.5. The Morgan fingerprint density at radius 3 is 2.90 bits per heavy atom. The Hall–Kier alpha value is -1.95. The lowest BCUT2D eigenvalue weighted by atomic mass is 10.1. The molecule has 1 heterocycles. The van der Waals surface area contributed by atoms with Gasteiger partial charge in [0, 0.05) is 18.0 Å². The molecule has 2 rings (SSSR count). The number of nitrogens with one attached hydrogen (secondary N) is 1. The molecule has 0 bridgehead atoms. The number of rotatable bonds is 6. The highest BCUT2D eigenvalue weighted by molar-refractivity contribution is 5.36. The summed E-state index contributed by atoms with van der Waals surface area (Å²) >= 11 is 0. The van der Waals surface area contributed by atoms with Crippen LogP contribution in [0.5, 0.6) is 5.75 Å². The Morgan fingerprint density at radius 2 is 2.25 bits per heavy atom. The van der Waals surface area contributed by atoms with Gasteiger partial charge < -0.3 is 14.6 Å². The summed E-state index contributed by atoms with van der Waals surface area (Å²) in [6, 6.07) is 4.43. The molecule has 0 saturated carbocycles. The third-order valence-corrected chi connectivity index (χ3v) is 3.04. The smallest absolute Gasteiger partial charge is 0.226 e. The van der Waals surface area contributed by atoms with Crippen molar-refractivity contribution in [3.8, 4) is 5.75 Å². The van der Waals surface area contributed by atoms with E-state index in [4.69, 9.17) is 9.26 Å². The Morgan fingerprint density at radius 1 is 1.45 bits per heavy atom. The van der Waals surface area contributed by atoms with Crippen LogP contribution in [0.25, 0.3) is 0 Å². The van der Waals surface area contributed by atoms with Gasteiger partial charge in [0.25, 0.3) is 0 Å². The van der Waals surface area contributed by atoms with Crippen molar-refractivity contribution in [2.45, 2.75) is 32.9 Å². The number of ether oxygens (including phenoxy) is 1. The van der Waals surface area contributed by atoms with Crippen LogP contribution in [-0.2, 0) is 13.0 Å². The van der Waals surface area contributed by atoms with E-state index in [1.807, 2.05) is 20.9 Å². The third kappa shape index (κ3) is 3.33. The molecule has 0 aliphatic heterocycles. The zero-order valence-corrected chi connectivity index (χ0v) is 11.8. The average Bonchev–Trinajstić information content (AvgIpc) is 2.93. The van der Waals surface area contributed by atoms with Gasteiger partial charge in [-0.05, 0) is 32.2 Å². The summed E-state index contributed by atoms with van der Waals surface area (Å²) in [6.07, 6.45) is 0.686. The second kappa shape index (κ2) is 6.47. The van der Waals surface area contributed by atoms with Crippen LogP contribution in [0.2, 0.25) is 0 Å². The van der Waals surface area contributed by atoms with Crippen LogP contribution in [0, 0.1) is 5.82 Å². The molecule has 2 aromatic rings. The molecule has 5 nitrogen and oxygen atoms in total. The van der Waals surface area contributed by atoms with Gasteiger partial charge in [-0.3, -0.25) is 0 Å². The highest BCUT2D eigenvalue weighted by atomic mass is 19.1. The summed E-state index contributed by atoms with van der Waals surface area (Å²) in [7, 11) is 1.81. The van der Waals surface area contributed by atoms with Crippen LogP contribution >= 0.6 is 0 Å². The minimum absolute atomic E-state index is 0.0165. The van der Waals surface area contributed by atoms with Crippen LogP contribution in [0.1, 0.15) is 37.2 Å². The SMILES string of the molecule is CCc1nc(COc2ccc(F)cc2C(C)NC)no1. The van der Waals surface area contributed by atoms with Gasteiger partial charge in [0.2, 0.25) is 11.7 Å². The first-order chi connectivity index (χ1) is 9.63. The van der Waals surface area contributed by atoms with Crippen molar-refractivity contribution in [1.29, 1.82) is 0 Å². The fourth-order valence-corrected chi connectivity index (χ4v) is 1.78. The number of aromatic nitrogens is 2. The van der Waals surface area contributed by atoms with Gasteiger partial charge in [0.15, 0.2) is 6.61 Å². The van der Waals surface area contributed by atoms with E-state index in [1.165, 1.54) is 12.1 Å². The third-order valence-electron chi connectivity index (χ3n) is 3.04. The van der Waals surface area contributed by atoms with Gasteiger partial charge in [-0.1, -0.05) is 12.1 Å². The van der Waals surface area contributed by atoms with Gasteiger partial charge in [-0.15, -0.1) is 0 Å². The van der Waals surface area contributed by atoms with Gasteiger partial charge in [0.1, 0.15) is 11.6 Å². The zero-order valence-electron chi connectivity index (χ0n) is 11.8. The van der Waals surface area contributed by atoms with Crippen molar-refractivity contribution in [2.24, 2.45) is 0 Å². The first-order valence-electron chi connectivity index (χ1n) is 6.55. The Balaban J connectivity index is 2.12. The van der Waals surface area contributed by atoms with Crippen molar-refractivity contribution < 1.29 is 13.7 Å². The minimum Gasteiger partial charge on any atom is -0.485 e. The summed E-state index contributed by atoms with van der Waals surface area (Å²) in [4.78, 5) is 4.16. The molecular weight excluding hydrogens is 261 g/mol. The normalized spacial score (nSPS) is 12.4. The summed E-state index contributed by atoms with van der Waals surface area (Å²) < 4.78 is 24.0. The number of hydrogen-bond acceptors (Lipinski definition) is 5. The van der Waals surface area contributed by atoms with E-state index in [0.717, 1.165) is 5.56 Å². The number of hydrogen-bond donors (Lipinski definition) is 1. The molecule has 0 aliphatic rings. The van der Waals surface area contributed by atoms with Crippen LogP contribution in [0.4, 0.5) is 4.39 Å². The lowest BCUT2D eigenvalue weighted by molar-refractivity contribution is 0.280. The molecule has 1 aromatic carbocycles. The molecule has 0 aliphatic carbocycles. The van der Waals surface area contributed by atoms with Crippen LogP contribution < -0.4 is 10.1 Å². The molecule has 1 unspecified atom stereocenters. The maximum absolute atomic E-state index is 13.3. The molecule has 20 heavy (non-hydrogen) atoms. The molecule has 1 aromatic heterocycles. The lowest BCUT2D eigenvalue weighted by Crippen LogP contribution is -2.14. The molecule has 108 valence electrons. The summed E-state index contributed by atoms with van der Waals surface area (Å²) in [5.41, 5.74) is 0.756. The molecule has 6 heteroatoms. The zero-order chi connectivity index (χ0) is 14.5. The van der Waals surface area contributed by atoms with Crippen molar-refractivity contribution >= 4 is 0 Å². The molecule has 0 spiro atoms. The Kier molecular flexibility index (Phi) is 4.68. The lowest BCUT2D eigenvalue weighted by Gasteiger charge is -2.15. The summed E-state index contributed by atoms with van der Waals surface area (Å²) in [6.45, 7) is 4.06. The second-order valence-corrected chi connectivity index (χ2v) is 4.44. The topological polar surface area (TPSA) is 60.2 Å². The molecule has 1 N–H and O–H groups in total. The van der Waals surface area contributed by atoms with Crippen LogP contribution in [-0.4, -0.2) is 17.2 Å².